The maximum Gasteiger partial charge on any atom is 0.313 e. The van der Waals surface area contributed by atoms with Crippen LogP contribution in [0.5, 0.6) is 11.5 Å². The maximum atomic E-state index is 13.2. The molecule has 0 spiro atoms. The summed E-state index contributed by atoms with van der Waals surface area (Å²) in [4.78, 5) is 23.8. The van der Waals surface area contributed by atoms with Gasteiger partial charge in [0, 0.05) is 6.42 Å². The number of halogens is 1. The van der Waals surface area contributed by atoms with Gasteiger partial charge in [0.15, 0.2) is 11.5 Å². The third kappa shape index (κ3) is 4.82. The summed E-state index contributed by atoms with van der Waals surface area (Å²) in [5, 5.41) is 8.79. The van der Waals surface area contributed by atoms with Gasteiger partial charge in [-0.3, -0.25) is 9.59 Å². The fourth-order valence-corrected chi connectivity index (χ4v) is 2.59. The highest BCUT2D eigenvalue weighted by molar-refractivity contribution is 5.95. The highest BCUT2D eigenvalue weighted by Gasteiger charge is 2.15. The minimum atomic E-state index is -0.659. The largest absolute Gasteiger partial charge is 0.460 e. The van der Waals surface area contributed by atoms with E-state index in [1.807, 2.05) is 12.1 Å². The zero-order valence-electron chi connectivity index (χ0n) is 14.4. The van der Waals surface area contributed by atoms with Gasteiger partial charge in [0.25, 0.3) is 0 Å². The van der Waals surface area contributed by atoms with Gasteiger partial charge >= 0.3 is 5.97 Å². The van der Waals surface area contributed by atoms with Crippen LogP contribution >= 0.6 is 0 Å². The van der Waals surface area contributed by atoms with Crippen LogP contribution in [0.3, 0.4) is 0 Å². The molecule has 0 saturated carbocycles. The number of hydrogen-bond acceptors (Lipinski definition) is 6. The van der Waals surface area contributed by atoms with E-state index in [0.29, 0.717) is 23.5 Å². The molecule has 1 heterocycles. The molecular weight excluding hydrogens is 353 g/mol. The van der Waals surface area contributed by atoms with Crippen molar-refractivity contribution in [2.24, 2.45) is 0 Å². The van der Waals surface area contributed by atoms with Gasteiger partial charge in [-0.15, -0.1) is 0 Å². The predicted molar refractivity (Wildman–Crippen MR) is 91.4 cm³/mol. The fraction of sp³-hybridized carbons (Fsp3) is 0.250. The Morgan fingerprint density at radius 2 is 1.89 bits per heavy atom. The second kappa shape index (κ2) is 8.32. The van der Waals surface area contributed by atoms with Crippen molar-refractivity contribution in [1.29, 1.82) is 5.26 Å². The molecule has 1 aliphatic rings. The van der Waals surface area contributed by atoms with Crippen LogP contribution in [-0.2, 0) is 27.4 Å². The van der Waals surface area contributed by atoms with Crippen LogP contribution in [0.1, 0.15) is 29.5 Å². The lowest BCUT2D eigenvalue weighted by molar-refractivity contribution is -0.147. The van der Waals surface area contributed by atoms with E-state index >= 15 is 0 Å². The number of ketones is 1. The predicted octanol–water partition coefficient (Wildman–Crippen LogP) is 3.06. The third-order valence-corrected chi connectivity index (χ3v) is 4.02. The molecule has 27 heavy (non-hydrogen) atoms. The molecule has 0 aliphatic carbocycles. The molecule has 0 saturated heterocycles. The van der Waals surface area contributed by atoms with Crippen LogP contribution in [0.2, 0.25) is 0 Å². The monoisotopic (exact) mass is 369 g/mol. The molecule has 2 aromatic carbocycles. The molecule has 1 aliphatic heterocycles. The SMILES string of the molecule is N#Cc1cc(COC(=O)CC(=O)CCc2ccc3c(c2)OCO3)ccc1F. The van der Waals surface area contributed by atoms with Gasteiger partial charge in [-0.25, -0.2) is 4.39 Å². The highest BCUT2D eigenvalue weighted by atomic mass is 19.1. The normalized spacial score (nSPS) is 11.7. The van der Waals surface area contributed by atoms with E-state index in [2.05, 4.69) is 0 Å². The Hall–Kier alpha value is -3.40. The first kappa shape index (κ1) is 18.4. The summed E-state index contributed by atoms with van der Waals surface area (Å²) in [5.74, 6) is -0.210. The molecule has 2 aromatic rings. The summed E-state index contributed by atoms with van der Waals surface area (Å²) < 4.78 is 28.8. The van der Waals surface area contributed by atoms with Crippen LogP contribution in [0, 0.1) is 17.1 Å². The summed E-state index contributed by atoms with van der Waals surface area (Å²) in [5.41, 5.74) is 1.27. The van der Waals surface area contributed by atoms with Crippen molar-refractivity contribution in [2.45, 2.75) is 25.9 Å². The van der Waals surface area contributed by atoms with Gasteiger partial charge in [0.2, 0.25) is 6.79 Å². The van der Waals surface area contributed by atoms with Crippen molar-refractivity contribution in [3.8, 4) is 17.6 Å². The molecular formula is C20H16FNO5. The molecule has 0 unspecified atom stereocenters. The Kier molecular flexibility index (Phi) is 5.67. The number of Topliss-reactive ketones (excluding diaryl/α,β-unsaturated/α-hetero) is 1. The molecule has 0 aromatic heterocycles. The topological polar surface area (TPSA) is 85.6 Å². The summed E-state index contributed by atoms with van der Waals surface area (Å²) in [6.45, 7) is 0.0662. The molecule has 3 rings (SSSR count). The van der Waals surface area contributed by atoms with Gasteiger partial charge in [0.05, 0.1) is 5.56 Å². The second-order valence-electron chi connectivity index (χ2n) is 5.99. The van der Waals surface area contributed by atoms with E-state index in [1.165, 1.54) is 12.1 Å². The molecule has 7 heteroatoms. The zero-order chi connectivity index (χ0) is 19.2. The van der Waals surface area contributed by atoms with E-state index in [0.717, 1.165) is 11.6 Å². The Balaban J connectivity index is 1.44. The zero-order valence-corrected chi connectivity index (χ0v) is 14.4. The van der Waals surface area contributed by atoms with Gasteiger partial charge in [-0.1, -0.05) is 12.1 Å². The lowest BCUT2D eigenvalue weighted by atomic mass is 10.1. The van der Waals surface area contributed by atoms with Crippen molar-refractivity contribution in [1.82, 2.24) is 0 Å². The smallest absolute Gasteiger partial charge is 0.313 e. The van der Waals surface area contributed by atoms with Crippen LogP contribution in [0.15, 0.2) is 36.4 Å². The van der Waals surface area contributed by atoms with E-state index < -0.39 is 11.8 Å². The molecule has 6 nitrogen and oxygen atoms in total. The second-order valence-corrected chi connectivity index (χ2v) is 5.99. The van der Waals surface area contributed by atoms with Crippen LogP contribution in [-0.4, -0.2) is 18.5 Å². The van der Waals surface area contributed by atoms with Crippen LogP contribution < -0.4 is 9.47 Å². The quantitative estimate of drug-likeness (QED) is 0.551. The van der Waals surface area contributed by atoms with Crippen molar-refractivity contribution < 1.29 is 28.2 Å². The minimum Gasteiger partial charge on any atom is -0.460 e. The number of nitrogens with zero attached hydrogens (tertiary/aromatic N) is 1. The first-order valence-corrected chi connectivity index (χ1v) is 8.29. The average molecular weight is 369 g/mol. The Morgan fingerprint density at radius 1 is 1.11 bits per heavy atom. The lowest BCUT2D eigenvalue weighted by Crippen LogP contribution is -2.12. The minimum absolute atomic E-state index is 0.122. The molecule has 0 radical (unpaired) electrons. The number of hydrogen-bond donors (Lipinski definition) is 0. The molecule has 0 amide bonds. The average Bonchev–Trinajstić information content (AvgIpc) is 3.13. The third-order valence-electron chi connectivity index (χ3n) is 4.02. The fourth-order valence-electron chi connectivity index (χ4n) is 2.59. The van der Waals surface area contributed by atoms with Crippen molar-refractivity contribution in [3.63, 3.8) is 0 Å². The van der Waals surface area contributed by atoms with Crippen molar-refractivity contribution >= 4 is 11.8 Å². The summed E-state index contributed by atoms with van der Waals surface area (Å²) in [7, 11) is 0. The number of benzene rings is 2. The molecule has 138 valence electrons. The Morgan fingerprint density at radius 3 is 2.70 bits per heavy atom. The summed E-state index contributed by atoms with van der Waals surface area (Å²) >= 11 is 0. The maximum absolute atomic E-state index is 13.2. The first-order chi connectivity index (χ1) is 13.0. The lowest BCUT2D eigenvalue weighted by Gasteiger charge is -2.06. The van der Waals surface area contributed by atoms with E-state index in [9.17, 15) is 14.0 Å². The van der Waals surface area contributed by atoms with E-state index in [4.69, 9.17) is 19.5 Å². The Bertz CT molecular complexity index is 919. The van der Waals surface area contributed by atoms with Gasteiger partial charge in [-0.2, -0.15) is 5.26 Å². The highest BCUT2D eigenvalue weighted by Crippen LogP contribution is 2.32. The van der Waals surface area contributed by atoms with Crippen LogP contribution in [0.4, 0.5) is 4.39 Å². The van der Waals surface area contributed by atoms with Crippen molar-refractivity contribution in [3.05, 3.63) is 58.9 Å². The number of carbonyl (C=O) groups is 2. The molecule has 0 N–H and O–H groups in total. The number of aryl methyl sites for hydroxylation is 1. The summed E-state index contributed by atoms with van der Waals surface area (Å²) in [6, 6.07) is 11.0. The van der Waals surface area contributed by atoms with E-state index in [-0.39, 0.29) is 37.6 Å². The number of carbonyl (C=O) groups excluding carboxylic acids is 2. The molecule has 0 fully saturated rings. The van der Waals surface area contributed by atoms with E-state index in [1.54, 1.807) is 12.1 Å². The summed E-state index contributed by atoms with van der Waals surface area (Å²) in [6.07, 6.45) is 0.340. The number of nitriles is 1. The molecule has 0 atom stereocenters. The number of fused-ring (bicyclic) bond motifs is 1. The first-order valence-electron chi connectivity index (χ1n) is 8.29. The van der Waals surface area contributed by atoms with Crippen molar-refractivity contribution in [2.75, 3.05) is 6.79 Å². The standard InChI is InChI=1S/C20H16FNO5/c21-17-5-2-14(7-15(17)10-22)11-25-20(24)9-16(23)4-1-13-3-6-18-19(8-13)27-12-26-18/h2-3,5-8H,1,4,9,11-12H2. The number of rotatable bonds is 7. The van der Waals surface area contributed by atoms with Gasteiger partial charge in [0.1, 0.15) is 30.7 Å². The number of ether oxygens (including phenoxy) is 3. The van der Waals surface area contributed by atoms with Gasteiger partial charge < -0.3 is 14.2 Å². The van der Waals surface area contributed by atoms with Gasteiger partial charge in [-0.05, 0) is 41.8 Å². The Labute approximate surface area is 155 Å². The number of esters is 1. The van der Waals surface area contributed by atoms with Crippen LogP contribution in [0.25, 0.3) is 0 Å². The molecule has 0 bridgehead atoms.